The molecule has 2 N–H and O–H groups in total. The summed E-state index contributed by atoms with van der Waals surface area (Å²) in [5, 5.41) is 6.24. The number of carbonyl (C=O) groups is 1. The first-order valence-corrected chi connectivity index (χ1v) is 6.88. The van der Waals surface area contributed by atoms with Crippen LogP contribution < -0.4 is 10.6 Å². The summed E-state index contributed by atoms with van der Waals surface area (Å²) in [6.07, 6.45) is 1.01. The van der Waals surface area contributed by atoms with Crippen molar-refractivity contribution in [2.45, 2.75) is 26.4 Å². The molecule has 0 saturated heterocycles. The highest BCUT2D eigenvalue weighted by Crippen LogP contribution is 2.24. The molecule has 2 rings (SSSR count). The number of rotatable bonds is 5. The van der Waals surface area contributed by atoms with E-state index in [1.54, 1.807) is 0 Å². The van der Waals surface area contributed by atoms with Crippen molar-refractivity contribution >= 4 is 11.6 Å². The van der Waals surface area contributed by atoms with Gasteiger partial charge in [0.1, 0.15) is 0 Å². The van der Waals surface area contributed by atoms with Gasteiger partial charge in [0.25, 0.3) is 0 Å². The minimum Gasteiger partial charge on any atom is -0.384 e. The van der Waals surface area contributed by atoms with Crippen molar-refractivity contribution in [2.75, 3.05) is 25.0 Å². The Morgan fingerprint density at radius 2 is 2.26 bits per heavy atom. The van der Waals surface area contributed by atoms with Gasteiger partial charge in [-0.1, -0.05) is 18.2 Å². The fourth-order valence-electron chi connectivity index (χ4n) is 2.24. The fourth-order valence-corrected chi connectivity index (χ4v) is 2.24. The second kappa shape index (κ2) is 6.57. The molecule has 19 heavy (non-hydrogen) atoms. The molecule has 0 bridgehead atoms. The van der Waals surface area contributed by atoms with Crippen LogP contribution in [0, 0.1) is 5.92 Å². The van der Waals surface area contributed by atoms with Crippen molar-refractivity contribution in [1.29, 1.82) is 0 Å². The van der Waals surface area contributed by atoms with E-state index >= 15 is 0 Å². The average Bonchev–Trinajstić information content (AvgIpc) is 2.42. The first kappa shape index (κ1) is 13.9. The second-order valence-corrected chi connectivity index (χ2v) is 5.15. The van der Waals surface area contributed by atoms with Gasteiger partial charge in [0.2, 0.25) is 5.91 Å². The number of ether oxygens (including phenoxy) is 1. The number of anilines is 1. The summed E-state index contributed by atoms with van der Waals surface area (Å²) in [5.41, 5.74) is 2.36. The molecule has 0 radical (unpaired) electrons. The van der Waals surface area contributed by atoms with Gasteiger partial charge in [-0.25, -0.2) is 0 Å². The van der Waals surface area contributed by atoms with Gasteiger partial charge in [0.15, 0.2) is 0 Å². The highest BCUT2D eigenvalue weighted by Gasteiger charge is 2.23. The van der Waals surface area contributed by atoms with Gasteiger partial charge in [-0.05, 0) is 31.9 Å². The van der Waals surface area contributed by atoms with Gasteiger partial charge in [-0.2, -0.15) is 0 Å². The van der Waals surface area contributed by atoms with Crippen LogP contribution in [-0.2, 0) is 16.0 Å². The third kappa shape index (κ3) is 3.96. The highest BCUT2D eigenvalue weighted by atomic mass is 16.5. The van der Waals surface area contributed by atoms with E-state index in [1.807, 2.05) is 26.0 Å². The normalized spacial score (nSPS) is 17.7. The van der Waals surface area contributed by atoms with Gasteiger partial charge < -0.3 is 15.4 Å². The molecule has 1 atom stereocenters. The smallest absolute Gasteiger partial charge is 0.225 e. The summed E-state index contributed by atoms with van der Waals surface area (Å²) in [6, 6.07) is 8.15. The molecule has 1 amide bonds. The summed E-state index contributed by atoms with van der Waals surface area (Å²) < 4.78 is 5.41. The summed E-state index contributed by atoms with van der Waals surface area (Å²) >= 11 is 0. The van der Waals surface area contributed by atoms with Crippen molar-refractivity contribution < 1.29 is 9.53 Å². The molecular weight excluding hydrogens is 240 g/mol. The number of fused-ring (bicyclic) bond motifs is 1. The zero-order valence-corrected chi connectivity index (χ0v) is 11.6. The van der Waals surface area contributed by atoms with Gasteiger partial charge in [0, 0.05) is 18.8 Å². The Morgan fingerprint density at radius 1 is 1.47 bits per heavy atom. The first-order valence-electron chi connectivity index (χ1n) is 6.88. The lowest BCUT2D eigenvalue weighted by Crippen LogP contribution is -2.39. The fraction of sp³-hybridized carbons (Fsp3) is 0.533. The number of benzene rings is 1. The number of carbonyl (C=O) groups excluding carboxylic acids is 1. The molecule has 0 aliphatic carbocycles. The number of amides is 1. The Morgan fingerprint density at radius 3 is 3.05 bits per heavy atom. The van der Waals surface area contributed by atoms with Gasteiger partial charge >= 0.3 is 0 Å². The Balaban J connectivity index is 1.79. The number of para-hydroxylation sites is 1. The van der Waals surface area contributed by atoms with E-state index in [-0.39, 0.29) is 17.9 Å². The molecule has 0 fully saturated rings. The van der Waals surface area contributed by atoms with Crippen molar-refractivity contribution in [2.24, 2.45) is 5.92 Å². The minimum atomic E-state index is 0.00829. The molecule has 0 aromatic heterocycles. The van der Waals surface area contributed by atoms with Gasteiger partial charge in [0.05, 0.1) is 18.6 Å². The standard InChI is InChI=1S/C15H22N2O2/c1-11(2)19-8-7-16-15(18)13-9-12-5-3-4-6-14(12)17-10-13/h3-6,11,13,17H,7-10H2,1-2H3,(H,16,18). The lowest BCUT2D eigenvalue weighted by molar-refractivity contribution is -0.125. The topological polar surface area (TPSA) is 50.4 Å². The van der Waals surface area contributed by atoms with Crippen molar-refractivity contribution in [3.63, 3.8) is 0 Å². The predicted octanol–water partition coefficient (Wildman–Crippen LogP) is 1.81. The maximum absolute atomic E-state index is 12.0. The number of hydrogen-bond acceptors (Lipinski definition) is 3. The van der Waals surface area contributed by atoms with E-state index in [2.05, 4.69) is 22.8 Å². The lowest BCUT2D eigenvalue weighted by Gasteiger charge is -2.25. The van der Waals surface area contributed by atoms with Crippen molar-refractivity contribution in [3.8, 4) is 0 Å². The predicted molar refractivity (Wildman–Crippen MR) is 76.2 cm³/mol. The van der Waals surface area contributed by atoms with Crippen LogP contribution >= 0.6 is 0 Å². The van der Waals surface area contributed by atoms with E-state index in [4.69, 9.17) is 4.74 Å². The van der Waals surface area contributed by atoms with E-state index in [1.165, 1.54) is 5.56 Å². The largest absolute Gasteiger partial charge is 0.384 e. The Kier molecular flexibility index (Phi) is 4.80. The van der Waals surface area contributed by atoms with E-state index in [0.717, 1.165) is 12.1 Å². The molecule has 104 valence electrons. The van der Waals surface area contributed by atoms with Crippen LogP contribution in [0.1, 0.15) is 19.4 Å². The van der Waals surface area contributed by atoms with Crippen LogP contribution in [0.25, 0.3) is 0 Å². The molecule has 0 saturated carbocycles. The van der Waals surface area contributed by atoms with Crippen molar-refractivity contribution in [3.05, 3.63) is 29.8 Å². The van der Waals surface area contributed by atoms with Crippen LogP contribution in [0.3, 0.4) is 0 Å². The van der Waals surface area contributed by atoms with E-state index in [9.17, 15) is 4.79 Å². The molecule has 1 aliphatic rings. The zero-order chi connectivity index (χ0) is 13.7. The third-order valence-corrected chi connectivity index (χ3v) is 3.25. The molecule has 4 heteroatoms. The summed E-state index contributed by atoms with van der Waals surface area (Å²) in [4.78, 5) is 12.0. The maximum Gasteiger partial charge on any atom is 0.225 e. The third-order valence-electron chi connectivity index (χ3n) is 3.25. The van der Waals surface area contributed by atoms with Gasteiger partial charge in [-0.3, -0.25) is 4.79 Å². The highest BCUT2D eigenvalue weighted by molar-refractivity contribution is 5.80. The zero-order valence-electron chi connectivity index (χ0n) is 11.6. The molecule has 1 aliphatic heterocycles. The van der Waals surface area contributed by atoms with Crippen LogP contribution in [0.2, 0.25) is 0 Å². The monoisotopic (exact) mass is 262 g/mol. The van der Waals surface area contributed by atoms with Gasteiger partial charge in [-0.15, -0.1) is 0 Å². The Bertz CT molecular complexity index is 432. The Hall–Kier alpha value is -1.55. The second-order valence-electron chi connectivity index (χ2n) is 5.15. The van der Waals surface area contributed by atoms with Crippen molar-refractivity contribution in [1.82, 2.24) is 5.32 Å². The minimum absolute atomic E-state index is 0.00829. The average molecular weight is 262 g/mol. The summed E-state index contributed by atoms with van der Waals surface area (Å²) in [6.45, 7) is 5.83. The van der Waals surface area contributed by atoms with E-state index < -0.39 is 0 Å². The Labute approximate surface area is 114 Å². The molecule has 0 spiro atoms. The SMILES string of the molecule is CC(C)OCCNC(=O)C1CNc2ccccc2C1. The van der Waals surface area contributed by atoms with Crippen LogP contribution in [0.4, 0.5) is 5.69 Å². The first-order chi connectivity index (χ1) is 9.16. The van der Waals surface area contributed by atoms with Crippen LogP contribution in [-0.4, -0.2) is 31.7 Å². The van der Waals surface area contributed by atoms with E-state index in [0.29, 0.717) is 19.7 Å². The molecule has 4 nitrogen and oxygen atoms in total. The summed E-state index contributed by atoms with van der Waals surface area (Å²) in [5.74, 6) is 0.114. The number of nitrogens with one attached hydrogen (secondary N) is 2. The summed E-state index contributed by atoms with van der Waals surface area (Å²) in [7, 11) is 0. The number of hydrogen-bond donors (Lipinski definition) is 2. The quantitative estimate of drug-likeness (QED) is 0.796. The molecule has 1 aromatic carbocycles. The molecule has 1 heterocycles. The van der Waals surface area contributed by atoms with Crippen LogP contribution in [0.5, 0.6) is 0 Å². The van der Waals surface area contributed by atoms with Crippen LogP contribution in [0.15, 0.2) is 24.3 Å². The molecular formula is C15H22N2O2. The molecule has 1 aromatic rings. The molecule has 1 unspecified atom stereocenters. The maximum atomic E-state index is 12.0. The lowest BCUT2D eigenvalue weighted by atomic mass is 9.93.